The maximum Gasteiger partial charge on any atom is 0.219 e. The van der Waals surface area contributed by atoms with Crippen LogP contribution in [0.5, 0.6) is 0 Å². The summed E-state index contributed by atoms with van der Waals surface area (Å²) in [6, 6.07) is 8.36. The molecule has 1 aliphatic carbocycles. The lowest BCUT2D eigenvalue weighted by Crippen LogP contribution is -2.48. The number of nitrogens with two attached hydrogens (primary N) is 1. The highest BCUT2D eigenvalue weighted by molar-refractivity contribution is 5.75. The summed E-state index contributed by atoms with van der Waals surface area (Å²) in [5.41, 5.74) is 7.87. The van der Waals surface area contributed by atoms with Crippen molar-refractivity contribution in [3.8, 4) is 0 Å². The van der Waals surface area contributed by atoms with Gasteiger partial charge in [-0.3, -0.25) is 4.79 Å². The molecule has 1 aromatic carbocycles. The van der Waals surface area contributed by atoms with Gasteiger partial charge in [-0.1, -0.05) is 31.2 Å². The maximum absolute atomic E-state index is 11.2. The quantitative estimate of drug-likeness (QED) is 0.792. The highest BCUT2D eigenvalue weighted by Crippen LogP contribution is 2.32. The van der Waals surface area contributed by atoms with Crippen LogP contribution in [0.15, 0.2) is 24.3 Å². The molecular weight excluding hydrogens is 200 g/mol. The molecule has 1 aliphatic rings. The van der Waals surface area contributed by atoms with Gasteiger partial charge in [0.2, 0.25) is 5.91 Å². The maximum atomic E-state index is 11.2. The molecule has 0 atom stereocenters. The van der Waals surface area contributed by atoms with Crippen molar-refractivity contribution in [1.29, 1.82) is 0 Å². The predicted octanol–water partition coefficient (Wildman–Crippen LogP) is 1.01. The summed E-state index contributed by atoms with van der Waals surface area (Å²) in [7, 11) is 0. The van der Waals surface area contributed by atoms with E-state index >= 15 is 0 Å². The standard InChI is InChI=1S/C13H18N2O/c1-2-15-13(9-12(14)16)7-10-5-3-4-6-11(10)8-13/h3-6,15H,2,7-9H2,1H3,(H2,14,16). The topological polar surface area (TPSA) is 55.1 Å². The van der Waals surface area contributed by atoms with Crippen LogP contribution in [0.3, 0.4) is 0 Å². The number of rotatable bonds is 4. The summed E-state index contributed by atoms with van der Waals surface area (Å²) < 4.78 is 0. The zero-order valence-electron chi connectivity index (χ0n) is 9.62. The molecular formula is C13H18N2O. The molecule has 0 aromatic heterocycles. The number of nitrogens with one attached hydrogen (secondary N) is 1. The second-order valence-electron chi connectivity index (χ2n) is 4.58. The van der Waals surface area contributed by atoms with Gasteiger partial charge in [0.25, 0.3) is 0 Å². The molecule has 0 aliphatic heterocycles. The van der Waals surface area contributed by atoms with E-state index in [0.29, 0.717) is 6.42 Å². The van der Waals surface area contributed by atoms with Crippen LogP contribution in [0.4, 0.5) is 0 Å². The molecule has 0 fully saturated rings. The van der Waals surface area contributed by atoms with Crippen LogP contribution in [0, 0.1) is 0 Å². The zero-order chi connectivity index (χ0) is 11.6. The second kappa shape index (κ2) is 4.26. The first kappa shape index (κ1) is 11.1. The lowest BCUT2D eigenvalue weighted by molar-refractivity contribution is -0.119. The van der Waals surface area contributed by atoms with Crippen molar-refractivity contribution in [2.24, 2.45) is 5.73 Å². The van der Waals surface area contributed by atoms with Crippen molar-refractivity contribution in [3.05, 3.63) is 35.4 Å². The van der Waals surface area contributed by atoms with Gasteiger partial charge in [0.1, 0.15) is 0 Å². The van der Waals surface area contributed by atoms with Crippen molar-refractivity contribution in [2.45, 2.75) is 31.7 Å². The summed E-state index contributed by atoms with van der Waals surface area (Å²) in [4.78, 5) is 11.2. The lowest BCUT2D eigenvalue weighted by Gasteiger charge is -2.28. The van der Waals surface area contributed by atoms with E-state index in [1.807, 2.05) is 12.1 Å². The van der Waals surface area contributed by atoms with E-state index in [9.17, 15) is 4.79 Å². The molecule has 0 saturated carbocycles. The van der Waals surface area contributed by atoms with Gasteiger partial charge in [-0.25, -0.2) is 0 Å². The number of primary amides is 1. The summed E-state index contributed by atoms with van der Waals surface area (Å²) >= 11 is 0. The minimum Gasteiger partial charge on any atom is -0.370 e. The van der Waals surface area contributed by atoms with Gasteiger partial charge in [0.05, 0.1) is 0 Å². The first-order chi connectivity index (χ1) is 7.65. The lowest BCUT2D eigenvalue weighted by atomic mass is 9.91. The van der Waals surface area contributed by atoms with E-state index in [4.69, 9.17) is 5.73 Å². The number of carbonyl (C=O) groups is 1. The largest absolute Gasteiger partial charge is 0.370 e. The third-order valence-electron chi connectivity index (χ3n) is 3.24. The van der Waals surface area contributed by atoms with Crippen LogP contribution in [-0.2, 0) is 17.6 Å². The van der Waals surface area contributed by atoms with Crippen LogP contribution in [0.1, 0.15) is 24.5 Å². The molecule has 3 nitrogen and oxygen atoms in total. The smallest absolute Gasteiger partial charge is 0.219 e. The Morgan fingerprint density at radius 2 is 1.94 bits per heavy atom. The number of hydrogen-bond donors (Lipinski definition) is 2. The first-order valence-electron chi connectivity index (χ1n) is 5.75. The van der Waals surface area contributed by atoms with Crippen LogP contribution in [-0.4, -0.2) is 18.0 Å². The molecule has 2 rings (SSSR count). The fraction of sp³-hybridized carbons (Fsp3) is 0.462. The Labute approximate surface area is 96.0 Å². The third-order valence-corrected chi connectivity index (χ3v) is 3.24. The molecule has 0 saturated heterocycles. The van der Waals surface area contributed by atoms with Crippen LogP contribution >= 0.6 is 0 Å². The Morgan fingerprint density at radius 1 is 1.38 bits per heavy atom. The van der Waals surface area contributed by atoms with Gasteiger partial charge in [0.15, 0.2) is 0 Å². The van der Waals surface area contributed by atoms with Crippen molar-refractivity contribution < 1.29 is 4.79 Å². The SMILES string of the molecule is CCNC1(CC(N)=O)Cc2ccccc2C1. The molecule has 0 radical (unpaired) electrons. The Bertz CT molecular complexity index is 376. The number of carbonyl (C=O) groups excluding carboxylic acids is 1. The van der Waals surface area contributed by atoms with Crippen LogP contribution in [0.2, 0.25) is 0 Å². The molecule has 3 heteroatoms. The van der Waals surface area contributed by atoms with Gasteiger partial charge >= 0.3 is 0 Å². The third kappa shape index (κ3) is 2.09. The normalized spacial score (nSPS) is 17.1. The van der Waals surface area contributed by atoms with Gasteiger partial charge in [0, 0.05) is 12.0 Å². The summed E-state index contributed by atoms with van der Waals surface area (Å²) in [6.45, 7) is 2.92. The first-order valence-corrected chi connectivity index (χ1v) is 5.75. The molecule has 0 bridgehead atoms. The highest BCUT2D eigenvalue weighted by atomic mass is 16.1. The average molecular weight is 218 g/mol. The Morgan fingerprint density at radius 3 is 2.38 bits per heavy atom. The monoisotopic (exact) mass is 218 g/mol. The number of benzene rings is 1. The molecule has 1 amide bonds. The van der Waals surface area contributed by atoms with Gasteiger partial charge < -0.3 is 11.1 Å². The highest BCUT2D eigenvalue weighted by Gasteiger charge is 2.37. The summed E-state index contributed by atoms with van der Waals surface area (Å²) in [5.74, 6) is -0.228. The number of fused-ring (bicyclic) bond motifs is 1. The molecule has 0 unspecified atom stereocenters. The molecule has 16 heavy (non-hydrogen) atoms. The zero-order valence-corrected chi connectivity index (χ0v) is 9.62. The predicted molar refractivity (Wildman–Crippen MR) is 64.1 cm³/mol. The van der Waals surface area contributed by atoms with Crippen molar-refractivity contribution in [2.75, 3.05) is 6.54 Å². The summed E-state index contributed by atoms with van der Waals surface area (Å²) in [6.07, 6.45) is 2.22. The number of likely N-dealkylation sites (N-methyl/N-ethyl adjacent to an activating group) is 1. The minimum atomic E-state index is -0.228. The fourth-order valence-corrected chi connectivity index (χ4v) is 2.72. The van der Waals surface area contributed by atoms with E-state index in [0.717, 1.165) is 19.4 Å². The van der Waals surface area contributed by atoms with Crippen molar-refractivity contribution >= 4 is 5.91 Å². The minimum absolute atomic E-state index is 0.149. The molecule has 0 spiro atoms. The summed E-state index contributed by atoms with van der Waals surface area (Å²) in [5, 5.41) is 3.44. The van der Waals surface area contributed by atoms with E-state index < -0.39 is 0 Å². The molecule has 1 aromatic rings. The van der Waals surface area contributed by atoms with E-state index in [2.05, 4.69) is 24.4 Å². The molecule has 0 heterocycles. The van der Waals surface area contributed by atoms with Gasteiger partial charge in [-0.15, -0.1) is 0 Å². The second-order valence-corrected chi connectivity index (χ2v) is 4.58. The van der Waals surface area contributed by atoms with Crippen molar-refractivity contribution in [1.82, 2.24) is 5.32 Å². The number of amides is 1. The van der Waals surface area contributed by atoms with Gasteiger partial charge in [-0.05, 0) is 30.5 Å². The van der Waals surface area contributed by atoms with Gasteiger partial charge in [-0.2, -0.15) is 0 Å². The average Bonchev–Trinajstić information content (AvgIpc) is 2.54. The molecule has 86 valence electrons. The Balaban J connectivity index is 2.23. The van der Waals surface area contributed by atoms with E-state index in [1.165, 1.54) is 11.1 Å². The Kier molecular flexibility index (Phi) is 2.97. The van der Waals surface area contributed by atoms with E-state index in [-0.39, 0.29) is 11.4 Å². The number of hydrogen-bond acceptors (Lipinski definition) is 2. The molecule has 3 N–H and O–H groups in total. The van der Waals surface area contributed by atoms with Crippen LogP contribution in [0.25, 0.3) is 0 Å². The fourth-order valence-electron chi connectivity index (χ4n) is 2.72. The Hall–Kier alpha value is -1.35. The van der Waals surface area contributed by atoms with Crippen molar-refractivity contribution in [3.63, 3.8) is 0 Å². The van der Waals surface area contributed by atoms with E-state index in [1.54, 1.807) is 0 Å². The van der Waals surface area contributed by atoms with Crippen LogP contribution < -0.4 is 11.1 Å².